The van der Waals surface area contributed by atoms with Gasteiger partial charge in [-0.15, -0.1) is 0 Å². The number of phenols is 1. The number of hydrogen-bond acceptors (Lipinski definition) is 2. The van der Waals surface area contributed by atoms with Crippen LogP contribution in [0.25, 0.3) is 0 Å². The predicted octanol–water partition coefficient (Wildman–Crippen LogP) is 3.61. The van der Waals surface area contributed by atoms with Gasteiger partial charge >= 0.3 is 0 Å². The van der Waals surface area contributed by atoms with Crippen LogP contribution >= 0.6 is 0 Å². The maximum atomic E-state index is 10.1. The van der Waals surface area contributed by atoms with Crippen LogP contribution in [0.5, 0.6) is 5.75 Å². The van der Waals surface area contributed by atoms with E-state index in [9.17, 15) is 5.11 Å². The van der Waals surface area contributed by atoms with Gasteiger partial charge in [0.25, 0.3) is 0 Å². The maximum Gasteiger partial charge on any atom is 0.120 e. The Morgan fingerprint density at radius 3 is 2.05 bits per heavy atom. The lowest BCUT2D eigenvalue weighted by Gasteiger charge is -2.59. The van der Waals surface area contributed by atoms with Crippen LogP contribution in [0.3, 0.4) is 0 Å². The highest BCUT2D eigenvalue weighted by Crippen LogP contribution is 2.63. The van der Waals surface area contributed by atoms with Crippen molar-refractivity contribution >= 4 is 0 Å². The minimum absolute atomic E-state index is 0.0158. The van der Waals surface area contributed by atoms with Crippen molar-refractivity contribution in [2.24, 2.45) is 28.9 Å². The van der Waals surface area contributed by atoms with E-state index in [4.69, 9.17) is 5.73 Å². The quantitative estimate of drug-likeness (QED) is 0.850. The van der Waals surface area contributed by atoms with Crippen molar-refractivity contribution in [2.45, 2.75) is 44.6 Å². The van der Waals surface area contributed by atoms with Crippen molar-refractivity contribution in [3.63, 3.8) is 0 Å². The highest BCUT2D eigenvalue weighted by atomic mass is 16.3. The number of rotatable bonds is 2. The van der Waals surface area contributed by atoms with E-state index in [0.29, 0.717) is 5.75 Å². The summed E-state index contributed by atoms with van der Waals surface area (Å²) in [5.74, 6) is 3.10. The highest BCUT2D eigenvalue weighted by molar-refractivity contribution is 5.36. The third kappa shape index (κ3) is 1.73. The van der Waals surface area contributed by atoms with Crippen LogP contribution in [-0.4, -0.2) is 5.11 Å². The fourth-order valence-corrected chi connectivity index (χ4v) is 5.64. The van der Waals surface area contributed by atoms with Gasteiger partial charge in [0, 0.05) is 11.6 Å². The van der Waals surface area contributed by atoms with E-state index < -0.39 is 0 Å². The zero-order valence-electron chi connectivity index (χ0n) is 11.4. The van der Waals surface area contributed by atoms with Crippen LogP contribution < -0.4 is 5.73 Å². The predicted molar refractivity (Wildman–Crippen MR) is 75.6 cm³/mol. The monoisotopic (exact) mass is 257 g/mol. The molecule has 0 aliphatic heterocycles. The van der Waals surface area contributed by atoms with Gasteiger partial charge in [0.2, 0.25) is 0 Å². The van der Waals surface area contributed by atoms with Crippen LogP contribution in [0.15, 0.2) is 24.3 Å². The largest absolute Gasteiger partial charge is 0.508 e. The second-order valence-corrected chi connectivity index (χ2v) is 7.32. The van der Waals surface area contributed by atoms with E-state index in [0.717, 1.165) is 23.3 Å². The fourth-order valence-electron chi connectivity index (χ4n) is 5.64. The SMILES string of the molecule is NC(c1ccccc1O)C12CC3CC(CC(C3)C1)C2. The first-order valence-electron chi connectivity index (χ1n) is 7.70. The molecule has 0 radical (unpaired) electrons. The molecule has 2 heteroatoms. The van der Waals surface area contributed by atoms with E-state index in [-0.39, 0.29) is 11.5 Å². The number of nitrogens with two attached hydrogens (primary N) is 1. The molecule has 1 atom stereocenters. The Balaban J connectivity index is 1.70. The molecule has 0 amide bonds. The Morgan fingerprint density at radius 1 is 1.00 bits per heavy atom. The summed E-state index contributed by atoms with van der Waals surface area (Å²) in [6.45, 7) is 0. The molecule has 19 heavy (non-hydrogen) atoms. The topological polar surface area (TPSA) is 46.2 Å². The van der Waals surface area contributed by atoms with Gasteiger partial charge in [-0.1, -0.05) is 18.2 Å². The molecule has 0 heterocycles. The molecule has 1 aromatic carbocycles. The molecule has 4 saturated carbocycles. The van der Waals surface area contributed by atoms with Crippen LogP contribution in [0.4, 0.5) is 0 Å². The van der Waals surface area contributed by atoms with Crippen LogP contribution in [0.2, 0.25) is 0 Å². The molecule has 4 aliphatic rings. The van der Waals surface area contributed by atoms with Crippen LogP contribution in [-0.2, 0) is 0 Å². The van der Waals surface area contributed by atoms with Crippen LogP contribution in [0, 0.1) is 23.2 Å². The Bertz CT molecular complexity index is 461. The van der Waals surface area contributed by atoms with Crippen molar-refractivity contribution in [1.82, 2.24) is 0 Å². The summed E-state index contributed by atoms with van der Waals surface area (Å²) in [6, 6.07) is 7.68. The summed E-state index contributed by atoms with van der Waals surface area (Å²) in [5.41, 5.74) is 7.87. The number of benzene rings is 1. The molecule has 4 bridgehead atoms. The van der Waals surface area contributed by atoms with E-state index in [1.54, 1.807) is 6.07 Å². The lowest BCUT2D eigenvalue weighted by Crippen LogP contribution is -2.50. The first-order chi connectivity index (χ1) is 9.16. The van der Waals surface area contributed by atoms with Crippen molar-refractivity contribution in [3.8, 4) is 5.75 Å². The summed E-state index contributed by atoms with van der Waals surface area (Å²) in [7, 11) is 0. The average molecular weight is 257 g/mol. The van der Waals surface area contributed by atoms with Gasteiger partial charge in [0.15, 0.2) is 0 Å². The maximum absolute atomic E-state index is 10.1. The van der Waals surface area contributed by atoms with Crippen molar-refractivity contribution in [2.75, 3.05) is 0 Å². The molecule has 4 aliphatic carbocycles. The summed E-state index contributed by atoms with van der Waals surface area (Å²) >= 11 is 0. The summed E-state index contributed by atoms with van der Waals surface area (Å²) in [5, 5.41) is 10.1. The molecule has 0 saturated heterocycles. The highest BCUT2D eigenvalue weighted by Gasteiger charge is 2.53. The summed E-state index contributed by atoms with van der Waals surface area (Å²) in [6.07, 6.45) is 8.17. The van der Waals surface area contributed by atoms with Gasteiger partial charge in [-0.25, -0.2) is 0 Å². The van der Waals surface area contributed by atoms with E-state index >= 15 is 0 Å². The normalized spacial score (nSPS) is 41.4. The Morgan fingerprint density at radius 2 is 1.53 bits per heavy atom. The molecule has 2 nitrogen and oxygen atoms in total. The smallest absolute Gasteiger partial charge is 0.120 e. The van der Waals surface area contributed by atoms with E-state index in [1.807, 2.05) is 18.2 Å². The Hall–Kier alpha value is -1.02. The van der Waals surface area contributed by atoms with Gasteiger partial charge in [0.05, 0.1) is 0 Å². The Kier molecular flexibility index (Phi) is 2.47. The standard InChI is InChI=1S/C17H23NO/c18-16(14-3-1-2-4-15(14)19)17-8-11-5-12(9-17)7-13(6-11)10-17/h1-4,11-13,16,19H,5-10,18H2. The van der Waals surface area contributed by atoms with E-state index in [1.165, 1.54) is 38.5 Å². The minimum Gasteiger partial charge on any atom is -0.508 e. The summed E-state index contributed by atoms with van der Waals surface area (Å²) in [4.78, 5) is 0. The zero-order chi connectivity index (χ0) is 13.0. The van der Waals surface area contributed by atoms with Crippen molar-refractivity contribution in [3.05, 3.63) is 29.8 Å². The molecule has 102 valence electrons. The third-order valence-electron chi connectivity index (χ3n) is 6.02. The number of para-hydroxylation sites is 1. The van der Waals surface area contributed by atoms with Gasteiger partial charge in [-0.3, -0.25) is 0 Å². The lowest BCUT2D eigenvalue weighted by molar-refractivity contribution is -0.0680. The number of phenolic OH excluding ortho intramolecular Hbond substituents is 1. The number of hydrogen-bond donors (Lipinski definition) is 2. The first kappa shape index (κ1) is 11.8. The Labute approximate surface area is 115 Å². The average Bonchev–Trinajstić information content (AvgIpc) is 2.37. The van der Waals surface area contributed by atoms with Gasteiger partial charge in [-0.05, 0) is 67.8 Å². The molecule has 0 spiro atoms. The van der Waals surface area contributed by atoms with Crippen molar-refractivity contribution in [1.29, 1.82) is 0 Å². The fraction of sp³-hybridized carbons (Fsp3) is 0.647. The molecule has 0 aromatic heterocycles. The van der Waals surface area contributed by atoms with Crippen molar-refractivity contribution < 1.29 is 5.11 Å². The molecule has 1 unspecified atom stereocenters. The van der Waals surface area contributed by atoms with Gasteiger partial charge in [-0.2, -0.15) is 0 Å². The molecular weight excluding hydrogens is 234 g/mol. The lowest BCUT2D eigenvalue weighted by atomic mass is 9.47. The molecule has 5 rings (SSSR count). The number of aromatic hydroxyl groups is 1. The second-order valence-electron chi connectivity index (χ2n) is 7.32. The minimum atomic E-state index is 0.0158. The second kappa shape index (κ2) is 3.99. The van der Waals surface area contributed by atoms with Gasteiger partial charge < -0.3 is 10.8 Å². The zero-order valence-corrected chi connectivity index (χ0v) is 11.4. The molecular formula is C17H23NO. The van der Waals surface area contributed by atoms with E-state index in [2.05, 4.69) is 0 Å². The molecule has 3 N–H and O–H groups in total. The molecule has 4 fully saturated rings. The molecule has 1 aromatic rings. The summed E-state index contributed by atoms with van der Waals surface area (Å²) < 4.78 is 0. The van der Waals surface area contributed by atoms with Gasteiger partial charge in [0.1, 0.15) is 5.75 Å². The third-order valence-corrected chi connectivity index (χ3v) is 6.02. The first-order valence-corrected chi connectivity index (χ1v) is 7.70. The van der Waals surface area contributed by atoms with Crippen LogP contribution in [0.1, 0.15) is 50.1 Å².